The van der Waals surface area contributed by atoms with E-state index in [0.717, 1.165) is 0 Å². The third kappa shape index (κ3) is 2.88. The number of carbonyl (C=O) groups is 1. The van der Waals surface area contributed by atoms with Crippen LogP contribution in [-0.4, -0.2) is 58.3 Å². The van der Waals surface area contributed by atoms with E-state index in [-0.39, 0.29) is 25.0 Å². The van der Waals surface area contributed by atoms with Crippen molar-refractivity contribution in [3.8, 4) is 0 Å². The largest absolute Gasteiger partial charge is 0.396 e. The summed E-state index contributed by atoms with van der Waals surface area (Å²) < 4.78 is 0. The minimum absolute atomic E-state index is 0.178. The zero-order chi connectivity index (χ0) is 11.4. The van der Waals surface area contributed by atoms with E-state index in [4.69, 9.17) is 10.2 Å². The van der Waals surface area contributed by atoms with Crippen molar-refractivity contribution >= 4 is 5.91 Å². The van der Waals surface area contributed by atoms with Gasteiger partial charge in [-0.2, -0.15) is 0 Å². The van der Waals surface area contributed by atoms with Gasteiger partial charge in [-0.1, -0.05) is 0 Å². The van der Waals surface area contributed by atoms with Gasteiger partial charge in [-0.05, 0) is 6.42 Å². The van der Waals surface area contributed by atoms with Crippen molar-refractivity contribution < 1.29 is 25.2 Å². The van der Waals surface area contributed by atoms with Gasteiger partial charge in [0, 0.05) is 25.0 Å². The molecule has 1 amide bonds. The van der Waals surface area contributed by atoms with Crippen LogP contribution in [0.2, 0.25) is 0 Å². The molecule has 0 aromatic carbocycles. The summed E-state index contributed by atoms with van der Waals surface area (Å²) in [6, 6.07) is 0. The fraction of sp³-hybridized carbons (Fsp3) is 0.889. The molecular weight excluding hydrogens is 202 g/mol. The van der Waals surface area contributed by atoms with Crippen molar-refractivity contribution in [2.45, 2.75) is 18.6 Å². The maximum Gasteiger partial charge on any atom is 0.245 e. The van der Waals surface area contributed by atoms with Crippen LogP contribution in [0.1, 0.15) is 6.42 Å². The Hall–Kier alpha value is -0.690. The van der Waals surface area contributed by atoms with Gasteiger partial charge in [0.15, 0.2) is 0 Å². The first-order valence-corrected chi connectivity index (χ1v) is 4.94. The van der Waals surface area contributed by atoms with E-state index in [2.05, 4.69) is 5.32 Å². The molecule has 0 heterocycles. The van der Waals surface area contributed by atoms with E-state index >= 15 is 0 Å². The van der Waals surface area contributed by atoms with E-state index in [0.29, 0.717) is 6.42 Å². The van der Waals surface area contributed by atoms with Crippen LogP contribution in [0.3, 0.4) is 0 Å². The molecule has 0 spiro atoms. The van der Waals surface area contributed by atoms with Crippen LogP contribution >= 0.6 is 0 Å². The minimum Gasteiger partial charge on any atom is -0.396 e. The van der Waals surface area contributed by atoms with Gasteiger partial charge in [-0.3, -0.25) is 4.79 Å². The second kappa shape index (κ2) is 5.41. The van der Waals surface area contributed by atoms with Crippen LogP contribution in [0.4, 0.5) is 0 Å². The number of aliphatic hydroxyl groups is 4. The number of amides is 1. The summed E-state index contributed by atoms with van der Waals surface area (Å²) in [6.45, 7) is -0.564. The third-order valence-electron chi connectivity index (χ3n) is 2.86. The molecule has 88 valence electrons. The molecule has 0 radical (unpaired) electrons. The Kier molecular flexibility index (Phi) is 4.46. The summed E-state index contributed by atoms with van der Waals surface area (Å²) in [6.07, 6.45) is -1.41. The minimum atomic E-state index is -0.939. The number of hydrogen-bond acceptors (Lipinski definition) is 5. The predicted molar refractivity (Wildman–Crippen MR) is 50.8 cm³/mol. The van der Waals surface area contributed by atoms with Gasteiger partial charge in [0.1, 0.15) is 6.61 Å². The monoisotopic (exact) mass is 219 g/mol. The highest BCUT2D eigenvalue weighted by atomic mass is 16.3. The lowest BCUT2D eigenvalue weighted by Crippen LogP contribution is -2.36. The van der Waals surface area contributed by atoms with Crippen LogP contribution in [0.15, 0.2) is 0 Å². The first-order chi connectivity index (χ1) is 7.10. The number of carbonyl (C=O) groups excluding carboxylic acids is 1. The summed E-state index contributed by atoms with van der Waals surface area (Å²) in [5.74, 6) is -1.12. The highest BCUT2D eigenvalue weighted by Crippen LogP contribution is 2.30. The quantitative estimate of drug-likeness (QED) is 0.357. The molecule has 6 nitrogen and oxygen atoms in total. The molecule has 1 saturated carbocycles. The van der Waals surface area contributed by atoms with Gasteiger partial charge in [-0.15, -0.1) is 0 Å². The fourth-order valence-corrected chi connectivity index (χ4v) is 1.91. The van der Waals surface area contributed by atoms with Gasteiger partial charge < -0.3 is 25.7 Å². The van der Waals surface area contributed by atoms with E-state index in [1.807, 2.05) is 0 Å². The van der Waals surface area contributed by atoms with E-state index in [1.54, 1.807) is 0 Å². The van der Waals surface area contributed by atoms with Crippen LogP contribution in [0, 0.1) is 11.8 Å². The standard InChI is InChI=1S/C9H17NO5/c11-3-6-1-5(8(14)9(6)15)2-10-7(13)4-12/h5-6,8-9,11-12,14-15H,1-4H2,(H,10,13)/t5-,6-,8-,9-/m1/s1. The first-order valence-electron chi connectivity index (χ1n) is 4.94. The predicted octanol–water partition coefficient (Wildman–Crippen LogP) is -2.55. The molecule has 1 aliphatic rings. The first kappa shape index (κ1) is 12.4. The summed E-state index contributed by atoms with van der Waals surface area (Å²) >= 11 is 0. The van der Waals surface area contributed by atoms with E-state index < -0.39 is 24.7 Å². The van der Waals surface area contributed by atoms with Crippen molar-refractivity contribution in [3.63, 3.8) is 0 Å². The number of aliphatic hydroxyl groups excluding tert-OH is 4. The second-order valence-electron chi connectivity index (χ2n) is 3.88. The zero-order valence-corrected chi connectivity index (χ0v) is 8.33. The Morgan fingerprint density at radius 1 is 1.20 bits per heavy atom. The van der Waals surface area contributed by atoms with Crippen molar-refractivity contribution in [2.24, 2.45) is 11.8 Å². The zero-order valence-electron chi connectivity index (χ0n) is 8.33. The molecule has 15 heavy (non-hydrogen) atoms. The SMILES string of the molecule is O=C(CO)NC[C@H]1C[C@H](CO)[C@@H](O)[C@@H]1O. The Morgan fingerprint density at radius 3 is 2.27 bits per heavy atom. The average molecular weight is 219 g/mol. The lowest BCUT2D eigenvalue weighted by molar-refractivity contribution is -0.124. The second-order valence-corrected chi connectivity index (χ2v) is 3.88. The molecule has 4 atom stereocenters. The van der Waals surface area contributed by atoms with E-state index in [1.165, 1.54) is 0 Å². The van der Waals surface area contributed by atoms with Gasteiger partial charge >= 0.3 is 0 Å². The fourth-order valence-electron chi connectivity index (χ4n) is 1.91. The van der Waals surface area contributed by atoms with Gasteiger partial charge in [0.05, 0.1) is 12.2 Å². The Labute approximate surface area is 87.5 Å². The van der Waals surface area contributed by atoms with Crippen LogP contribution in [0.25, 0.3) is 0 Å². The average Bonchev–Trinajstić information content (AvgIpc) is 2.52. The van der Waals surface area contributed by atoms with Crippen molar-refractivity contribution in [3.05, 3.63) is 0 Å². The maximum absolute atomic E-state index is 10.8. The molecule has 0 unspecified atom stereocenters. The van der Waals surface area contributed by atoms with Crippen molar-refractivity contribution in [2.75, 3.05) is 19.8 Å². The molecule has 0 bridgehead atoms. The Balaban J connectivity index is 2.40. The summed E-state index contributed by atoms with van der Waals surface area (Å²) in [7, 11) is 0. The molecule has 5 N–H and O–H groups in total. The maximum atomic E-state index is 10.8. The molecule has 0 saturated heterocycles. The molecule has 0 aromatic rings. The normalized spacial score (nSPS) is 35.5. The lowest BCUT2D eigenvalue weighted by atomic mass is 10.0. The molecule has 0 aliphatic heterocycles. The molecule has 6 heteroatoms. The van der Waals surface area contributed by atoms with Gasteiger partial charge in [0.25, 0.3) is 0 Å². The molecular formula is C9H17NO5. The lowest BCUT2D eigenvalue weighted by Gasteiger charge is -2.16. The molecule has 0 aromatic heterocycles. The van der Waals surface area contributed by atoms with Crippen molar-refractivity contribution in [1.29, 1.82) is 0 Å². The Bertz CT molecular complexity index is 223. The van der Waals surface area contributed by atoms with Crippen LogP contribution in [0.5, 0.6) is 0 Å². The summed E-state index contributed by atoms with van der Waals surface area (Å²) in [5.41, 5.74) is 0. The topological polar surface area (TPSA) is 110 Å². The third-order valence-corrected chi connectivity index (χ3v) is 2.86. The van der Waals surface area contributed by atoms with Crippen LogP contribution < -0.4 is 5.32 Å². The molecule has 1 rings (SSSR count). The van der Waals surface area contributed by atoms with Crippen LogP contribution in [-0.2, 0) is 4.79 Å². The number of hydrogen-bond donors (Lipinski definition) is 5. The number of rotatable bonds is 4. The smallest absolute Gasteiger partial charge is 0.245 e. The molecule has 1 aliphatic carbocycles. The van der Waals surface area contributed by atoms with E-state index in [9.17, 15) is 15.0 Å². The highest BCUT2D eigenvalue weighted by molar-refractivity contribution is 5.76. The summed E-state index contributed by atoms with van der Waals surface area (Å²) in [5, 5.41) is 38.8. The van der Waals surface area contributed by atoms with Gasteiger partial charge in [-0.25, -0.2) is 0 Å². The highest BCUT2D eigenvalue weighted by Gasteiger charge is 2.40. The van der Waals surface area contributed by atoms with Crippen molar-refractivity contribution in [1.82, 2.24) is 5.32 Å². The summed E-state index contributed by atoms with van der Waals surface area (Å²) in [4.78, 5) is 10.8. The number of nitrogens with one attached hydrogen (secondary N) is 1. The Morgan fingerprint density at radius 2 is 1.80 bits per heavy atom. The van der Waals surface area contributed by atoms with Gasteiger partial charge in [0.2, 0.25) is 5.91 Å². The molecule has 1 fully saturated rings.